The van der Waals surface area contributed by atoms with Crippen LogP contribution in [0.1, 0.15) is 23.8 Å². The zero-order valence-corrected chi connectivity index (χ0v) is 11.0. The van der Waals surface area contributed by atoms with Crippen LogP contribution in [0, 0.1) is 6.92 Å². The highest BCUT2D eigenvalue weighted by Gasteiger charge is 2.21. The van der Waals surface area contributed by atoms with E-state index < -0.39 is 16.1 Å². The van der Waals surface area contributed by atoms with E-state index in [1.165, 1.54) is 6.20 Å². The van der Waals surface area contributed by atoms with Crippen molar-refractivity contribution in [1.82, 2.24) is 19.7 Å². The smallest absolute Gasteiger partial charge is 0.252 e. The number of hydrogen-bond acceptors (Lipinski definition) is 5. The lowest BCUT2D eigenvalue weighted by molar-refractivity contribution is 0.563. The van der Waals surface area contributed by atoms with Crippen LogP contribution in [0.4, 0.5) is 0 Å². The van der Waals surface area contributed by atoms with Crippen LogP contribution in [0.25, 0.3) is 0 Å². The molecule has 0 aliphatic rings. The normalized spacial score (nSPS) is 13.8. The lowest BCUT2D eigenvalue weighted by atomic mass is 10.3. The highest BCUT2D eigenvalue weighted by molar-refractivity contribution is 7.91. The number of H-pyrrole nitrogens is 1. The van der Waals surface area contributed by atoms with Crippen LogP contribution in [-0.4, -0.2) is 23.4 Å². The minimum atomic E-state index is -3.52. The molecular weight excluding hydrogens is 260 g/mol. The lowest BCUT2D eigenvalue weighted by Gasteiger charge is -2.10. The highest BCUT2D eigenvalue weighted by Crippen LogP contribution is 2.19. The van der Waals surface area contributed by atoms with Crippen LogP contribution >= 0.6 is 11.3 Å². The number of aryl methyl sites for hydroxylation is 1. The summed E-state index contributed by atoms with van der Waals surface area (Å²) in [5, 5.41) is 0.719. The Hall–Kier alpha value is -1.25. The molecule has 1 atom stereocenters. The number of thiazole rings is 1. The molecule has 0 saturated heterocycles. The molecule has 1 unspecified atom stereocenters. The highest BCUT2D eigenvalue weighted by atomic mass is 32.2. The molecular formula is C9H12N4O2S2. The molecule has 0 spiro atoms. The molecule has 2 rings (SSSR count). The Morgan fingerprint density at radius 3 is 2.76 bits per heavy atom. The van der Waals surface area contributed by atoms with E-state index in [0.29, 0.717) is 5.82 Å². The van der Waals surface area contributed by atoms with E-state index in [-0.39, 0.29) is 4.21 Å². The van der Waals surface area contributed by atoms with E-state index in [4.69, 9.17) is 0 Å². The fourth-order valence-corrected chi connectivity index (χ4v) is 3.66. The van der Waals surface area contributed by atoms with E-state index in [9.17, 15) is 8.42 Å². The Bertz CT molecular complexity index is 588. The summed E-state index contributed by atoms with van der Waals surface area (Å²) in [6.07, 6.45) is 4.59. The van der Waals surface area contributed by atoms with Crippen LogP contribution in [0.15, 0.2) is 22.8 Å². The summed E-state index contributed by atoms with van der Waals surface area (Å²) >= 11 is 1.14. The van der Waals surface area contributed by atoms with Gasteiger partial charge in [-0.1, -0.05) is 0 Å². The first kappa shape index (κ1) is 12.2. The average molecular weight is 272 g/mol. The molecule has 0 aromatic carbocycles. The Balaban J connectivity index is 2.18. The maximum atomic E-state index is 12.0. The van der Waals surface area contributed by atoms with Crippen LogP contribution in [0.2, 0.25) is 0 Å². The van der Waals surface area contributed by atoms with Gasteiger partial charge in [-0.05, 0) is 13.8 Å². The van der Waals surface area contributed by atoms with Gasteiger partial charge in [-0.15, -0.1) is 11.3 Å². The summed E-state index contributed by atoms with van der Waals surface area (Å²) < 4.78 is 26.7. The summed E-state index contributed by atoms with van der Waals surface area (Å²) in [4.78, 5) is 10.8. The predicted molar refractivity (Wildman–Crippen MR) is 64.2 cm³/mol. The van der Waals surface area contributed by atoms with E-state index in [2.05, 4.69) is 19.7 Å². The zero-order valence-electron chi connectivity index (χ0n) is 9.34. The fraction of sp³-hybridized carbons (Fsp3) is 0.333. The van der Waals surface area contributed by atoms with E-state index >= 15 is 0 Å². The van der Waals surface area contributed by atoms with Gasteiger partial charge in [0.2, 0.25) is 0 Å². The number of nitrogens with one attached hydrogen (secondary N) is 2. The lowest BCUT2D eigenvalue weighted by Crippen LogP contribution is -2.26. The number of imidazole rings is 1. The van der Waals surface area contributed by atoms with Gasteiger partial charge in [0.05, 0.1) is 17.2 Å². The molecule has 0 aliphatic carbocycles. The number of aromatic amines is 1. The fourth-order valence-electron chi connectivity index (χ4n) is 1.33. The summed E-state index contributed by atoms with van der Waals surface area (Å²) in [5.74, 6) is 0.579. The Morgan fingerprint density at radius 1 is 1.47 bits per heavy atom. The standard InChI is InChI=1S/C9H12N4O2S2/c1-6(9-10-3-4-11-9)13-17(14,15)8-5-12-7(2)16-8/h3-6,13H,1-2H3,(H,10,11). The van der Waals surface area contributed by atoms with Crippen molar-refractivity contribution >= 4 is 21.4 Å². The minimum absolute atomic E-state index is 0.216. The maximum absolute atomic E-state index is 12.0. The Morgan fingerprint density at radius 2 is 2.24 bits per heavy atom. The molecule has 2 aromatic rings. The van der Waals surface area contributed by atoms with E-state index in [1.807, 2.05) is 0 Å². The van der Waals surface area contributed by atoms with Gasteiger partial charge in [-0.25, -0.2) is 23.1 Å². The minimum Gasteiger partial charge on any atom is -0.347 e. The summed E-state index contributed by atoms with van der Waals surface area (Å²) in [6, 6.07) is -0.405. The van der Waals surface area contributed by atoms with Crippen LogP contribution < -0.4 is 4.72 Å². The third-order valence-electron chi connectivity index (χ3n) is 2.13. The number of nitrogens with zero attached hydrogens (tertiary/aromatic N) is 2. The monoisotopic (exact) mass is 272 g/mol. The summed E-state index contributed by atoms with van der Waals surface area (Å²) in [6.45, 7) is 3.49. The van der Waals surface area contributed by atoms with Crippen LogP contribution in [0.3, 0.4) is 0 Å². The van der Waals surface area contributed by atoms with Gasteiger partial charge in [-0.3, -0.25) is 0 Å². The molecule has 0 fully saturated rings. The molecule has 6 nitrogen and oxygen atoms in total. The second-order valence-corrected chi connectivity index (χ2v) is 6.69. The van der Waals surface area contributed by atoms with Crippen molar-refractivity contribution in [3.8, 4) is 0 Å². The van der Waals surface area contributed by atoms with Crippen molar-refractivity contribution in [3.05, 3.63) is 29.4 Å². The molecule has 2 heterocycles. The second-order valence-electron chi connectivity index (χ2n) is 3.52. The largest absolute Gasteiger partial charge is 0.347 e. The van der Waals surface area contributed by atoms with Crippen LogP contribution in [0.5, 0.6) is 0 Å². The molecule has 17 heavy (non-hydrogen) atoms. The number of hydrogen-bond donors (Lipinski definition) is 2. The summed E-state index contributed by atoms with van der Waals surface area (Å²) in [7, 11) is -3.52. The Kier molecular flexibility index (Phi) is 3.27. The predicted octanol–water partition coefficient (Wildman–Crippen LogP) is 1.21. The van der Waals surface area contributed by atoms with Gasteiger partial charge in [0.15, 0.2) is 4.21 Å². The quantitative estimate of drug-likeness (QED) is 0.875. The number of sulfonamides is 1. The molecule has 92 valence electrons. The third kappa shape index (κ3) is 2.71. The third-order valence-corrected chi connectivity index (χ3v) is 5.04. The molecule has 0 saturated carbocycles. The van der Waals surface area contributed by atoms with Gasteiger partial charge >= 0.3 is 0 Å². The van der Waals surface area contributed by atoms with Crippen LogP contribution in [-0.2, 0) is 10.0 Å². The zero-order chi connectivity index (χ0) is 12.5. The first-order valence-corrected chi connectivity index (χ1v) is 7.23. The topological polar surface area (TPSA) is 87.7 Å². The first-order chi connectivity index (χ1) is 7.99. The van der Waals surface area contributed by atoms with Crippen molar-refractivity contribution in [3.63, 3.8) is 0 Å². The van der Waals surface area contributed by atoms with Gasteiger partial charge in [0, 0.05) is 12.4 Å². The SMILES string of the molecule is Cc1ncc(S(=O)(=O)NC(C)c2ncc[nH]2)s1. The number of rotatable bonds is 4. The summed E-state index contributed by atoms with van der Waals surface area (Å²) in [5.41, 5.74) is 0. The maximum Gasteiger partial charge on any atom is 0.252 e. The molecule has 0 radical (unpaired) electrons. The van der Waals surface area contributed by atoms with Gasteiger partial charge in [-0.2, -0.15) is 0 Å². The molecule has 8 heteroatoms. The van der Waals surface area contributed by atoms with Crippen molar-refractivity contribution in [2.24, 2.45) is 0 Å². The van der Waals surface area contributed by atoms with Crippen molar-refractivity contribution in [1.29, 1.82) is 0 Å². The van der Waals surface area contributed by atoms with Crippen molar-refractivity contribution in [2.45, 2.75) is 24.1 Å². The van der Waals surface area contributed by atoms with Gasteiger partial charge < -0.3 is 4.98 Å². The van der Waals surface area contributed by atoms with Gasteiger partial charge in [0.1, 0.15) is 5.82 Å². The molecule has 0 amide bonds. The molecule has 0 bridgehead atoms. The second kappa shape index (κ2) is 4.55. The molecule has 2 N–H and O–H groups in total. The van der Waals surface area contributed by atoms with Crippen molar-refractivity contribution < 1.29 is 8.42 Å². The van der Waals surface area contributed by atoms with Crippen molar-refractivity contribution in [2.75, 3.05) is 0 Å². The van der Waals surface area contributed by atoms with Gasteiger partial charge in [0.25, 0.3) is 10.0 Å². The molecule has 2 aromatic heterocycles. The average Bonchev–Trinajstić information content (AvgIpc) is 2.86. The van der Waals surface area contributed by atoms with E-state index in [0.717, 1.165) is 16.3 Å². The first-order valence-electron chi connectivity index (χ1n) is 4.93. The Labute approximate surface area is 103 Å². The van der Waals surface area contributed by atoms with E-state index in [1.54, 1.807) is 26.2 Å². The molecule has 0 aliphatic heterocycles. The number of aromatic nitrogens is 3.